The highest BCUT2D eigenvalue weighted by Gasteiger charge is 2.11. The van der Waals surface area contributed by atoms with E-state index in [-0.39, 0.29) is 0 Å². The van der Waals surface area contributed by atoms with Crippen molar-refractivity contribution >= 4 is 0 Å². The van der Waals surface area contributed by atoms with Gasteiger partial charge in [0.15, 0.2) is 0 Å². The van der Waals surface area contributed by atoms with Gasteiger partial charge >= 0.3 is 0 Å². The molecule has 0 aliphatic rings. The van der Waals surface area contributed by atoms with Crippen LogP contribution in [0.5, 0.6) is 5.75 Å². The summed E-state index contributed by atoms with van der Waals surface area (Å²) >= 11 is 0. The van der Waals surface area contributed by atoms with Crippen LogP contribution in [0.1, 0.15) is 76.5 Å². The Labute approximate surface area is 131 Å². The summed E-state index contributed by atoms with van der Waals surface area (Å²) in [5.74, 6) is 1.04. The maximum absolute atomic E-state index is 6.03. The van der Waals surface area contributed by atoms with Crippen molar-refractivity contribution in [2.75, 3.05) is 13.2 Å². The quantitative estimate of drug-likeness (QED) is 0.551. The minimum atomic E-state index is 0.342. The van der Waals surface area contributed by atoms with Crippen molar-refractivity contribution < 1.29 is 4.74 Å². The van der Waals surface area contributed by atoms with Crippen molar-refractivity contribution in [2.24, 2.45) is 0 Å². The SMILES string of the molecule is CCCCCCCCOc1ccc(C)cc1C(C)NCC. The lowest BCUT2D eigenvalue weighted by Gasteiger charge is -2.18. The van der Waals surface area contributed by atoms with Gasteiger partial charge in [0.2, 0.25) is 0 Å². The van der Waals surface area contributed by atoms with Crippen LogP contribution in [0.4, 0.5) is 0 Å². The van der Waals surface area contributed by atoms with E-state index in [1.807, 2.05) is 0 Å². The summed E-state index contributed by atoms with van der Waals surface area (Å²) in [4.78, 5) is 0. The Bertz CT molecular complexity index is 389. The Morgan fingerprint density at radius 1 is 1.05 bits per heavy atom. The number of unbranched alkanes of at least 4 members (excludes halogenated alkanes) is 5. The Balaban J connectivity index is 2.43. The molecule has 0 aliphatic heterocycles. The van der Waals surface area contributed by atoms with E-state index < -0.39 is 0 Å². The van der Waals surface area contributed by atoms with E-state index in [2.05, 4.69) is 51.2 Å². The van der Waals surface area contributed by atoms with E-state index in [0.29, 0.717) is 6.04 Å². The molecule has 1 unspecified atom stereocenters. The van der Waals surface area contributed by atoms with E-state index in [1.54, 1.807) is 0 Å². The van der Waals surface area contributed by atoms with Gasteiger partial charge < -0.3 is 10.1 Å². The molecule has 0 radical (unpaired) electrons. The first-order valence-corrected chi connectivity index (χ1v) is 8.65. The molecule has 1 atom stereocenters. The minimum absolute atomic E-state index is 0.342. The van der Waals surface area contributed by atoms with Crippen molar-refractivity contribution in [3.63, 3.8) is 0 Å². The lowest BCUT2D eigenvalue weighted by molar-refractivity contribution is 0.298. The molecule has 0 saturated heterocycles. The number of hydrogen-bond acceptors (Lipinski definition) is 2. The van der Waals surface area contributed by atoms with E-state index in [1.165, 1.54) is 43.2 Å². The second kappa shape index (κ2) is 10.7. The molecule has 0 amide bonds. The smallest absolute Gasteiger partial charge is 0.124 e. The monoisotopic (exact) mass is 291 g/mol. The normalized spacial score (nSPS) is 12.4. The van der Waals surface area contributed by atoms with Gasteiger partial charge in [-0.05, 0) is 32.9 Å². The highest BCUT2D eigenvalue weighted by atomic mass is 16.5. The number of benzene rings is 1. The molecule has 2 heteroatoms. The van der Waals surface area contributed by atoms with Crippen LogP contribution in [0.3, 0.4) is 0 Å². The second-order valence-corrected chi connectivity index (χ2v) is 5.94. The third-order valence-electron chi connectivity index (χ3n) is 3.90. The molecule has 1 aromatic carbocycles. The molecule has 0 aromatic heterocycles. The zero-order valence-corrected chi connectivity index (χ0v) is 14.4. The molecular formula is C19H33NO. The first-order valence-electron chi connectivity index (χ1n) is 8.65. The van der Waals surface area contributed by atoms with Crippen LogP contribution in [-0.4, -0.2) is 13.2 Å². The molecule has 0 bridgehead atoms. The van der Waals surface area contributed by atoms with E-state index in [4.69, 9.17) is 4.74 Å². The van der Waals surface area contributed by atoms with Crippen molar-refractivity contribution in [2.45, 2.75) is 72.3 Å². The molecule has 0 spiro atoms. The molecule has 21 heavy (non-hydrogen) atoms. The van der Waals surface area contributed by atoms with Gasteiger partial charge in [0.25, 0.3) is 0 Å². The van der Waals surface area contributed by atoms with Gasteiger partial charge in [0.1, 0.15) is 5.75 Å². The third-order valence-corrected chi connectivity index (χ3v) is 3.90. The van der Waals surface area contributed by atoms with Gasteiger partial charge in [-0.3, -0.25) is 0 Å². The van der Waals surface area contributed by atoms with E-state index >= 15 is 0 Å². The van der Waals surface area contributed by atoms with Crippen LogP contribution >= 0.6 is 0 Å². The zero-order valence-electron chi connectivity index (χ0n) is 14.4. The number of rotatable bonds is 11. The summed E-state index contributed by atoms with van der Waals surface area (Å²) in [5.41, 5.74) is 2.57. The fourth-order valence-corrected chi connectivity index (χ4v) is 2.62. The summed E-state index contributed by atoms with van der Waals surface area (Å²) in [6.07, 6.45) is 7.82. The molecule has 0 saturated carbocycles. The number of aryl methyl sites for hydroxylation is 1. The first kappa shape index (κ1) is 18.0. The second-order valence-electron chi connectivity index (χ2n) is 5.94. The molecule has 120 valence electrons. The summed E-state index contributed by atoms with van der Waals surface area (Å²) < 4.78 is 6.03. The lowest BCUT2D eigenvalue weighted by atomic mass is 10.0. The predicted molar refractivity (Wildman–Crippen MR) is 92.1 cm³/mol. The van der Waals surface area contributed by atoms with Crippen LogP contribution in [0, 0.1) is 6.92 Å². The molecule has 0 fully saturated rings. The number of nitrogens with one attached hydrogen (secondary N) is 1. The summed E-state index contributed by atoms with van der Waals surface area (Å²) in [7, 11) is 0. The third kappa shape index (κ3) is 6.99. The summed E-state index contributed by atoms with van der Waals surface area (Å²) in [5, 5.41) is 3.47. The van der Waals surface area contributed by atoms with E-state index in [9.17, 15) is 0 Å². The minimum Gasteiger partial charge on any atom is -0.493 e. The molecule has 0 heterocycles. The fraction of sp³-hybridized carbons (Fsp3) is 0.684. The molecule has 2 nitrogen and oxygen atoms in total. The average molecular weight is 291 g/mol. The van der Waals surface area contributed by atoms with Crippen molar-refractivity contribution in [1.82, 2.24) is 5.32 Å². The van der Waals surface area contributed by atoms with E-state index in [0.717, 1.165) is 25.3 Å². The largest absolute Gasteiger partial charge is 0.493 e. The first-order chi connectivity index (χ1) is 10.2. The van der Waals surface area contributed by atoms with Gasteiger partial charge in [0.05, 0.1) is 6.61 Å². The molecule has 1 aromatic rings. The molecule has 1 rings (SSSR count). The maximum Gasteiger partial charge on any atom is 0.124 e. The predicted octanol–water partition coefficient (Wildman–Crippen LogP) is 5.40. The van der Waals surface area contributed by atoms with Crippen LogP contribution in [0.15, 0.2) is 18.2 Å². The zero-order chi connectivity index (χ0) is 15.5. The Hall–Kier alpha value is -1.02. The van der Waals surface area contributed by atoms with Crippen LogP contribution in [0.25, 0.3) is 0 Å². The molecule has 0 aliphatic carbocycles. The average Bonchev–Trinajstić information content (AvgIpc) is 2.47. The Morgan fingerprint density at radius 3 is 2.48 bits per heavy atom. The lowest BCUT2D eigenvalue weighted by Crippen LogP contribution is -2.18. The van der Waals surface area contributed by atoms with Gasteiger partial charge in [-0.1, -0.05) is 63.6 Å². The van der Waals surface area contributed by atoms with Gasteiger partial charge in [-0.25, -0.2) is 0 Å². The molecule has 1 N–H and O–H groups in total. The highest BCUT2D eigenvalue weighted by Crippen LogP contribution is 2.26. The highest BCUT2D eigenvalue weighted by molar-refractivity contribution is 5.38. The molecular weight excluding hydrogens is 258 g/mol. The number of hydrogen-bond donors (Lipinski definition) is 1. The van der Waals surface area contributed by atoms with Gasteiger partial charge in [-0.15, -0.1) is 0 Å². The van der Waals surface area contributed by atoms with Crippen molar-refractivity contribution in [1.29, 1.82) is 0 Å². The Morgan fingerprint density at radius 2 is 1.76 bits per heavy atom. The summed E-state index contributed by atoms with van der Waals surface area (Å²) in [6, 6.07) is 6.84. The Kier molecular flexibility index (Phi) is 9.16. The van der Waals surface area contributed by atoms with Gasteiger partial charge in [0, 0.05) is 11.6 Å². The van der Waals surface area contributed by atoms with Crippen molar-refractivity contribution in [3.8, 4) is 5.75 Å². The van der Waals surface area contributed by atoms with Crippen LogP contribution < -0.4 is 10.1 Å². The topological polar surface area (TPSA) is 21.3 Å². The van der Waals surface area contributed by atoms with Gasteiger partial charge in [-0.2, -0.15) is 0 Å². The van der Waals surface area contributed by atoms with Crippen LogP contribution in [0.2, 0.25) is 0 Å². The van der Waals surface area contributed by atoms with Crippen LogP contribution in [-0.2, 0) is 0 Å². The standard InChI is InChI=1S/C19H33NO/c1-5-7-8-9-10-11-14-21-19-13-12-16(3)15-18(19)17(4)20-6-2/h12-13,15,17,20H,5-11,14H2,1-4H3. The maximum atomic E-state index is 6.03. The van der Waals surface area contributed by atoms with Crippen molar-refractivity contribution in [3.05, 3.63) is 29.3 Å². The fourth-order valence-electron chi connectivity index (χ4n) is 2.62. The summed E-state index contributed by atoms with van der Waals surface area (Å²) in [6.45, 7) is 10.6. The number of ether oxygens (including phenoxy) is 1.